The first-order valence-electron chi connectivity index (χ1n) is 10.2. The molecule has 0 aliphatic carbocycles. The van der Waals surface area contributed by atoms with Crippen molar-refractivity contribution >= 4 is 0 Å². The molecule has 2 aliphatic rings. The monoisotopic (exact) mass is 386 g/mol. The molecule has 5 nitrogen and oxygen atoms in total. The lowest BCUT2D eigenvalue weighted by molar-refractivity contribution is -0.197. The number of likely N-dealkylation sites (tertiary alicyclic amines) is 2. The van der Waals surface area contributed by atoms with Gasteiger partial charge in [0.2, 0.25) is 0 Å². The molecule has 0 unspecified atom stereocenters. The average Bonchev–Trinajstić information content (AvgIpc) is 2.75. The van der Waals surface area contributed by atoms with Gasteiger partial charge in [0.15, 0.2) is 0 Å². The molecule has 4 heterocycles. The summed E-state index contributed by atoms with van der Waals surface area (Å²) in [6.45, 7) is 3.95. The van der Waals surface area contributed by atoms with E-state index < -0.39 is 0 Å². The second-order valence-corrected chi connectivity index (χ2v) is 8.23. The maximum absolute atomic E-state index is 10.2. The normalized spacial score (nSPS) is 23.5. The minimum absolute atomic E-state index is 0.0697. The largest absolute Gasteiger partial charge is 0.395 e. The Kier molecular flexibility index (Phi) is 4.87. The third-order valence-electron chi connectivity index (χ3n) is 6.51. The second-order valence-electron chi connectivity index (χ2n) is 8.23. The summed E-state index contributed by atoms with van der Waals surface area (Å²) in [6.07, 6.45) is 7.46. The van der Waals surface area contributed by atoms with Gasteiger partial charge in [-0.05, 0) is 34.9 Å². The molecule has 5 heteroatoms. The van der Waals surface area contributed by atoms with Gasteiger partial charge in [-0.15, -0.1) is 0 Å². The van der Waals surface area contributed by atoms with Crippen molar-refractivity contribution in [3.05, 3.63) is 96.1 Å². The van der Waals surface area contributed by atoms with Crippen molar-refractivity contribution in [1.82, 2.24) is 19.8 Å². The first-order valence-corrected chi connectivity index (χ1v) is 10.2. The maximum Gasteiger partial charge on any atom is 0.0593 e. The van der Waals surface area contributed by atoms with Crippen molar-refractivity contribution in [2.24, 2.45) is 0 Å². The van der Waals surface area contributed by atoms with Gasteiger partial charge in [-0.3, -0.25) is 19.8 Å². The molecule has 2 aromatic heterocycles. The summed E-state index contributed by atoms with van der Waals surface area (Å²) in [5, 5.41) is 10.2. The molecule has 148 valence electrons. The Hall–Kier alpha value is -2.60. The van der Waals surface area contributed by atoms with Crippen LogP contribution in [0.5, 0.6) is 0 Å². The van der Waals surface area contributed by atoms with E-state index in [0.717, 1.165) is 26.2 Å². The van der Waals surface area contributed by atoms with E-state index in [1.54, 1.807) is 0 Å². The zero-order valence-electron chi connectivity index (χ0n) is 16.4. The molecule has 1 aromatic carbocycles. The van der Waals surface area contributed by atoms with Gasteiger partial charge in [0, 0.05) is 62.9 Å². The summed E-state index contributed by atoms with van der Waals surface area (Å²) < 4.78 is 0. The van der Waals surface area contributed by atoms with Crippen LogP contribution >= 0.6 is 0 Å². The van der Waals surface area contributed by atoms with Crippen LogP contribution in [0.3, 0.4) is 0 Å². The number of aromatic nitrogens is 2. The molecule has 0 radical (unpaired) electrons. The zero-order chi connectivity index (χ0) is 19.7. The fraction of sp³-hybridized carbons (Fsp3) is 0.333. The van der Waals surface area contributed by atoms with Gasteiger partial charge in [-0.25, -0.2) is 0 Å². The zero-order valence-corrected chi connectivity index (χ0v) is 16.4. The van der Waals surface area contributed by atoms with E-state index in [9.17, 15) is 5.11 Å². The summed E-state index contributed by atoms with van der Waals surface area (Å²) in [7, 11) is 0. The number of aliphatic hydroxyl groups is 1. The highest BCUT2D eigenvalue weighted by Crippen LogP contribution is 2.54. The lowest BCUT2D eigenvalue weighted by Crippen LogP contribution is -2.83. The fourth-order valence-electron chi connectivity index (χ4n) is 5.29. The number of hydrogen-bond acceptors (Lipinski definition) is 5. The summed E-state index contributed by atoms with van der Waals surface area (Å²) in [4.78, 5) is 13.4. The van der Waals surface area contributed by atoms with E-state index in [2.05, 4.69) is 68.3 Å². The SMILES string of the molecule is OC[C@@H]1[C@H](c2ccccc2)C2(CN(Cc3cccnc3)C2)N1Cc1ccncc1. The van der Waals surface area contributed by atoms with E-state index >= 15 is 0 Å². The van der Waals surface area contributed by atoms with Crippen LogP contribution in [0.4, 0.5) is 0 Å². The van der Waals surface area contributed by atoms with Crippen LogP contribution in [0.1, 0.15) is 22.6 Å². The standard InChI is InChI=1S/C24H26N4O/c29-16-22-23(21-6-2-1-3-7-21)24(28(22)15-19-8-11-25-12-9-19)17-27(18-24)14-20-5-4-10-26-13-20/h1-13,22-23,29H,14-18H2/t22-,23+/m1/s1. The Bertz CT molecular complexity index is 929. The quantitative estimate of drug-likeness (QED) is 0.706. The molecular weight excluding hydrogens is 360 g/mol. The molecule has 2 atom stereocenters. The molecule has 2 fully saturated rings. The topological polar surface area (TPSA) is 52.5 Å². The van der Waals surface area contributed by atoms with E-state index in [-0.39, 0.29) is 18.2 Å². The molecule has 2 aliphatic heterocycles. The molecule has 0 saturated carbocycles. The van der Waals surface area contributed by atoms with Crippen molar-refractivity contribution in [2.45, 2.75) is 30.6 Å². The summed E-state index contributed by atoms with van der Waals surface area (Å²) in [5.74, 6) is 0.348. The third kappa shape index (κ3) is 3.25. The van der Waals surface area contributed by atoms with Crippen molar-refractivity contribution < 1.29 is 5.11 Å². The van der Waals surface area contributed by atoms with Gasteiger partial charge in [0.05, 0.1) is 12.1 Å². The van der Waals surface area contributed by atoms with Gasteiger partial charge >= 0.3 is 0 Å². The average molecular weight is 386 g/mol. The molecule has 29 heavy (non-hydrogen) atoms. The number of aliphatic hydroxyl groups excluding tert-OH is 1. The van der Waals surface area contributed by atoms with Crippen molar-refractivity contribution in [2.75, 3.05) is 19.7 Å². The van der Waals surface area contributed by atoms with E-state index in [1.165, 1.54) is 16.7 Å². The van der Waals surface area contributed by atoms with Crippen LogP contribution in [0, 0.1) is 0 Å². The van der Waals surface area contributed by atoms with Crippen molar-refractivity contribution in [1.29, 1.82) is 0 Å². The first kappa shape index (κ1) is 18.4. The Labute approximate surface area is 171 Å². The second kappa shape index (κ2) is 7.67. The summed E-state index contributed by atoms with van der Waals surface area (Å²) in [5.41, 5.74) is 3.89. The first-order chi connectivity index (χ1) is 14.3. The van der Waals surface area contributed by atoms with E-state index in [1.807, 2.05) is 30.9 Å². The lowest BCUT2D eigenvalue weighted by Gasteiger charge is -2.71. The summed E-state index contributed by atoms with van der Waals surface area (Å²) >= 11 is 0. The van der Waals surface area contributed by atoms with E-state index in [0.29, 0.717) is 5.92 Å². The Morgan fingerprint density at radius 2 is 1.66 bits per heavy atom. The minimum atomic E-state index is 0.0697. The number of nitrogens with zero attached hydrogens (tertiary/aromatic N) is 4. The Morgan fingerprint density at radius 1 is 0.862 bits per heavy atom. The molecule has 5 rings (SSSR count). The van der Waals surface area contributed by atoms with Crippen LogP contribution in [0.2, 0.25) is 0 Å². The molecule has 2 saturated heterocycles. The molecular formula is C24H26N4O. The van der Waals surface area contributed by atoms with Gasteiger partial charge in [-0.2, -0.15) is 0 Å². The fourth-order valence-corrected chi connectivity index (χ4v) is 5.29. The van der Waals surface area contributed by atoms with Crippen LogP contribution in [0.15, 0.2) is 79.4 Å². The highest BCUT2D eigenvalue weighted by Gasteiger charge is 2.65. The third-order valence-corrected chi connectivity index (χ3v) is 6.51. The van der Waals surface area contributed by atoms with Crippen LogP contribution < -0.4 is 0 Å². The Morgan fingerprint density at radius 3 is 2.34 bits per heavy atom. The van der Waals surface area contributed by atoms with E-state index in [4.69, 9.17) is 0 Å². The number of hydrogen-bond donors (Lipinski definition) is 1. The predicted octanol–water partition coefficient (Wildman–Crippen LogP) is 2.69. The van der Waals surface area contributed by atoms with Gasteiger partial charge in [-0.1, -0.05) is 36.4 Å². The molecule has 1 N–H and O–H groups in total. The lowest BCUT2D eigenvalue weighted by atomic mass is 9.60. The Balaban J connectivity index is 1.40. The number of rotatable bonds is 6. The maximum atomic E-state index is 10.2. The highest BCUT2D eigenvalue weighted by molar-refractivity contribution is 5.36. The van der Waals surface area contributed by atoms with Crippen LogP contribution in [-0.2, 0) is 13.1 Å². The molecule has 0 amide bonds. The van der Waals surface area contributed by atoms with Crippen LogP contribution in [0.25, 0.3) is 0 Å². The molecule has 3 aromatic rings. The molecule has 0 bridgehead atoms. The van der Waals surface area contributed by atoms with Crippen molar-refractivity contribution in [3.63, 3.8) is 0 Å². The number of pyridine rings is 2. The minimum Gasteiger partial charge on any atom is -0.395 e. The van der Waals surface area contributed by atoms with Gasteiger partial charge in [0.25, 0.3) is 0 Å². The van der Waals surface area contributed by atoms with Gasteiger partial charge in [0.1, 0.15) is 0 Å². The molecule has 1 spiro atoms. The summed E-state index contributed by atoms with van der Waals surface area (Å²) in [6, 6.07) is 19.1. The van der Waals surface area contributed by atoms with Crippen molar-refractivity contribution in [3.8, 4) is 0 Å². The highest BCUT2D eigenvalue weighted by atomic mass is 16.3. The van der Waals surface area contributed by atoms with Gasteiger partial charge < -0.3 is 5.11 Å². The number of benzene rings is 1. The smallest absolute Gasteiger partial charge is 0.0593 e. The predicted molar refractivity (Wildman–Crippen MR) is 112 cm³/mol. The van der Waals surface area contributed by atoms with Crippen LogP contribution in [-0.4, -0.2) is 56.2 Å².